The van der Waals surface area contributed by atoms with Gasteiger partial charge in [0.1, 0.15) is 0 Å². The number of hydrogen-bond donors (Lipinski definition) is 1. The van der Waals surface area contributed by atoms with Gasteiger partial charge in [-0.3, -0.25) is 4.90 Å². The van der Waals surface area contributed by atoms with Gasteiger partial charge in [0.2, 0.25) is 0 Å². The van der Waals surface area contributed by atoms with Crippen molar-refractivity contribution in [2.45, 2.75) is 44.8 Å². The summed E-state index contributed by atoms with van der Waals surface area (Å²) in [6, 6.07) is 11.9. The molecule has 0 spiro atoms. The summed E-state index contributed by atoms with van der Waals surface area (Å²) in [6.45, 7) is 4.77. The maximum absolute atomic E-state index is 9.41. The summed E-state index contributed by atoms with van der Waals surface area (Å²) in [5.41, 5.74) is 1.34. The molecule has 1 fully saturated rings. The van der Waals surface area contributed by atoms with Crippen LogP contribution < -0.4 is 0 Å². The van der Waals surface area contributed by atoms with Crippen LogP contribution >= 0.6 is 0 Å². The molecular weight excluding hydrogens is 198 g/mol. The zero-order valence-corrected chi connectivity index (χ0v) is 10.1. The van der Waals surface area contributed by atoms with E-state index in [0.717, 1.165) is 6.42 Å². The van der Waals surface area contributed by atoms with Crippen LogP contribution in [0.5, 0.6) is 0 Å². The van der Waals surface area contributed by atoms with Crippen molar-refractivity contribution in [1.82, 2.24) is 4.90 Å². The van der Waals surface area contributed by atoms with Crippen molar-refractivity contribution in [3.05, 3.63) is 35.9 Å². The number of nitrogens with zero attached hydrogens (tertiary/aromatic N) is 1. The molecule has 16 heavy (non-hydrogen) atoms. The minimum absolute atomic E-state index is 0.279. The SMILES string of the molecule is CC1CCC(CO)N1C(C)c1ccccc1. The summed E-state index contributed by atoms with van der Waals surface area (Å²) in [4.78, 5) is 2.45. The molecule has 1 aromatic carbocycles. The van der Waals surface area contributed by atoms with Gasteiger partial charge in [0.25, 0.3) is 0 Å². The average Bonchev–Trinajstić information content (AvgIpc) is 2.70. The summed E-state index contributed by atoms with van der Waals surface area (Å²) >= 11 is 0. The molecule has 1 saturated heterocycles. The van der Waals surface area contributed by atoms with E-state index in [2.05, 4.69) is 43.0 Å². The van der Waals surface area contributed by atoms with E-state index in [-0.39, 0.29) is 6.61 Å². The van der Waals surface area contributed by atoms with Gasteiger partial charge in [-0.1, -0.05) is 30.3 Å². The maximum Gasteiger partial charge on any atom is 0.0587 e. The highest BCUT2D eigenvalue weighted by molar-refractivity contribution is 5.19. The molecule has 0 saturated carbocycles. The van der Waals surface area contributed by atoms with E-state index in [9.17, 15) is 5.11 Å². The van der Waals surface area contributed by atoms with Crippen molar-refractivity contribution >= 4 is 0 Å². The molecule has 1 aromatic rings. The van der Waals surface area contributed by atoms with Crippen LogP contribution in [0.25, 0.3) is 0 Å². The standard InChI is InChI=1S/C14H21NO/c1-11-8-9-14(10-16)15(11)12(2)13-6-4-3-5-7-13/h3-7,11-12,14,16H,8-10H2,1-2H3. The first kappa shape index (κ1) is 11.6. The number of rotatable bonds is 3. The van der Waals surface area contributed by atoms with E-state index in [1.807, 2.05) is 6.07 Å². The molecule has 1 aliphatic heterocycles. The van der Waals surface area contributed by atoms with Crippen LogP contribution in [0.1, 0.15) is 38.3 Å². The Morgan fingerprint density at radius 2 is 2.00 bits per heavy atom. The second kappa shape index (κ2) is 4.98. The van der Waals surface area contributed by atoms with Gasteiger partial charge in [0.15, 0.2) is 0 Å². The predicted molar refractivity (Wildman–Crippen MR) is 66.3 cm³/mol. The molecule has 88 valence electrons. The van der Waals surface area contributed by atoms with Gasteiger partial charge in [0, 0.05) is 18.1 Å². The van der Waals surface area contributed by atoms with E-state index in [0.29, 0.717) is 18.1 Å². The average molecular weight is 219 g/mol. The molecule has 0 bridgehead atoms. The quantitative estimate of drug-likeness (QED) is 0.844. The van der Waals surface area contributed by atoms with Crippen molar-refractivity contribution < 1.29 is 5.11 Å². The first-order chi connectivity index (χ1) is 7.74. The Hall–Kier alpha value is -0.860. The molecule has 0 aliphatic carbocycles. The fourth-order valence-electron chi connectivity index (χ4n) is 2.88. The minimum atomic E-state index is 0.279. The van der Waals surface area contributed by atoms with E-state index in [4.69, 9.17) is 0 Å². The normalized spacial score (nSPS) is 28.2. The minimum Gasteiger partial charge on any atom is -0.395 e. The second-order valence-electron chi connectivity index (χ2n) is 4.80. The number of benzene rings is 1. The number of aliphatic hydroxyl groups is 1. The first-order valence-corrected chi connectivity index (χ1v) is 6.17. The lowest BCUT2D eigenvalue weighted by Gasteiger charge is -2.33. The van der Waals surface area contributed by atoms with Gasteiger partial charge < -0.3 is 5.11 Å². The van der Waals surface area contributed by atoms with Gasteiger partial charge in [-0.15, -0.1) is 0 Å². The Bertz CT molecular complexity index is 325. The third-order valence-corrected chi connectivity index (χ3v) is 3.79. The zero-order valence-electron chi connectivity index (χ0n) is 10.1. The Morgan fingerprint density at radius 3 is 2.62 bits per heavy atom. The van der Waals surface area contributed by atoms with Crippen LogP contribution in [-0.2, 0) is 0 Å². The van der Waals surface area contributed by atoms with Gasteiger partial charge in [-0.25, -0.2) is 0 Å². The molecule has 1 N–H and O–H groups in total. The molecule has 1 aliphatic rings. The van der Waals surface area contributed by atoms with E-state index in [1.54, 1.807) is 0 Å². The topological polar surface area (TPSA) is 23.5 Å². The van der Waals surface area contributed by atoms with E-state index in [1.165, 1.54) is 12.0 Å². The van der Waals surface area contributed by atoms with Gasteiger partial charge >= 0.3 is 0 Å². The van der Waals surface area contributed by atoms with Gasteiger partial charge in [-0.05, 0) is 32.3 Å². The van der Waals surface area contributed by atoms with Crippen LogP contribution in [0.4, 0.5) is 0 Å². The van der Waals surface area contributed by atoms with Crippen molar-refractivity contribution in [3.8, 4) is 0 Å². The van der Waals surface area contributed by atoms with Crippen LogP contribution in [-0.4, -0.2) is 28.7 Å². The fourth-order valence-corrected chi connectivity index (χ4v) is 2.88. The molecule has 0 radical (unpaired) electrons. The third-order valence-electron chi connectivity index (χ3n) is 3.79. The summed E-state index contributed by atoms with van der Waals surface area (Å²) in [7, 11) is 0. The maximum atomic E-state index is 9.41. The molecule has 2 heteroatoms. The molecule has 3 unspecified atom stereocenters. The zero-order chi connectivity index (χ0) is 11.5. The van der Waals surface area contributed by atoms with Crippen molar-refractivity contribution in [1.29, 1.82) is 0 Å². The highest BCUT2D eigenvalue weighted by Crippen LogP contribution is 2.33. The lowest BCUT2D eigenvalue weighted by Crippen LogP contribution is -2.38. The highest BCUT2D eigenvalue weighted by Gasteiger charge is 2.33. The van der Waals surface area contributed by atoms with Crippen molar-refractivity contribution in [2.75, 3.05) is 6.61 Å². The van der Waals surface area contributed by atoms with Crippen LogP contribution in [0.3, 0.4) is 0 Å². The van der Waals surface area contributed by atoms with Crippen molar-refractivity contribution in [3.63, 3.8) is 0 Å². The summed E-state index contributed by atoms with van der Waals surface area (Å²) < 4.78 is 0. The van der Waals surface area contributed by atoms with Crippen LogP contribution in [0.15, 0.2) is 30.3 Å². The molecule has 1 heterocycles. The van der Waals surface area contributed by atoms with E-state index < -0.39 is 0 Å². The third kappa shape index (κ3) is 2.13. The lowest BCUT2D eigenvalue weighted by molar-refractivity contribution is 0.0980. The summed E-state index contributed by atoms with van der Waals surface area (Å²) in [6.07, 6.45) is 2.32. The Labute approximate surface area is 97.9 Å². The summed E-state index contributed by atoms with van der Waals surface area (Å²) in [5.74, 6) is 0. The molecule has 0 amide bonds. The Kier molecular flexibility index (Phi) is 3.62. The number of hydrogen-bond acceptors (Lipinski definition) is 2. The van der Waals surface area contributed by atoms with Crippen LogP contribution in [0.2, 0.25) is 0 Å². The van der Waals surface area contributed by atoms with Gasteiger partial charge in [-0.2, -0.15) is 0 Å². The molecule has 0 aromatic heterocycles. The largest absolute Gasteiger partial charge is 0.395 e. The highest BCUT2D eigenvalue weighted by atomic mass is 16.3. The molecule has 2 nitrogen and oxygen atoms in total. The van der Waals surface area contributed by atoms with Crippen molar-refractivity contribution in [2.24, 2.45) is 0 Å². The second-order valence-corrected chi connectivity index (χ2v) is 4.80. The number of aliphatic hydroxyl groups excluding tert-OH is 1. The Balaban J connectivity index is 2.17. The smallest absolute Gasteiger partial charge is 0.0587 e. The van der Waals surface area contributed by atoms with Gasteiger partial charge in [0.05, 0.1) is 6.61 Å². The van der Waals surface area contributed by atoms with Crippen LogP contribution in [0, 0.1) is 0 Å². The first-order valence-electron chi connectivity index (χ1n) is 6.17. The molecule has 2 rings (SSSR count). The number of likely N-dealkylation sites (tertiary alicyclic amines) is 1. The predicted octanol–water partition coefficient (Wildman–Crippen LogP) is 2.59. The Morgan fingerprint density at radius 1 is 1.31 bits per heavy atom. The monoisotopic (exact) mass is 219 g/mol. The lowest BCUT2D eigenvalue weighted by atomic mass is 10.1. The molecule has 3 atom stereocenters. The summed E-state index contributed by atoms with van der Waals surface area (Å²) in [5, 5.41) is 9.41. The molecular formula is C14H21NO. The van der Waals surface area contributed by atoms with E-state index >= 15 is 0 Å². The fraction of sp³-hybridized carbons (Fsp3) is 0.571.